The second kappa shape index (κ2) is 10.1. The molecule has 0 radical (unpaired) electrons. The molecule has 4 aromatic rings. The summed E-state index contributed by atoms with van der Waals surface area (Å²) in [6.07, 6.45) is 3.50. The Hall–Kier alpha value is -3.70. The summed E-state index contributed by atoms with van der Waals surface area (Å²) in [5.41, 5.74) is 4.20. The van der Waals surface area contributed by atoms with Crippen LogP contribution in [0.15, 0.2) is 91.1 Å². The molecule has 1 N–H and O–H groups in total. The van der Waals surface area contributed by atoms with Gasteiger partial charge in [-0.05, 0) is 60.3 Å². The molecule has 34 heavy (non-hydrogen) atoms. The molecular weight excluding hydrogens is 424 g/mol. The van der Waals surface area contributed by atoms with E-state index in [-0.39, 0.29) is 12.0 Å². The van der Waals surface area contributed by atoms with Gasteiger partial charge < -0.3 is 9.84 Å². The number of para-hydroxylation sites is 1. The number of likely N-dealkylation sites (tertiary alicyclic amines) is 1. The van der Waals surface area contributed by atoms with Crippen LogP contribution in [0.4, 0.5) is 0 Å². The lowest BCUT2D eigenvalue weighted by atomic mass is 9.91. The van der Waals surface area contributed by atoms with Crippen molar-refractivity contribution < 1.29 is 14.6 Å². The molecule has 2 heterocycles. The van der Waals surface area contributed by atoms with E-state index in [4.69, 9.17) is 9.72 Å². The lowest BCUT2D eigenvalue weighted by Crippen LogP contribution is -2.41. The van der Waals surface area contributed by atoms with Gasteiger partial charge in [0.05, 0.1) is 17.5 Å². The Kier molecular flexibility index (Phi) is 6.54. The molecule has 5 nitrogen and oxygen atoms in total. The first-order valence-electron chi connectivity index (χ1n) is 11.8. The van der Waals surface area contributed by atoms with Crippen molar-refractivity contribution in [3.63, 3.8) is 0 Å². The predicted octanol–water partition coefficient (Wildman–Crippen LogP) is 5.70. The van der Waals surface area contributed by atoms with Crippen LogP contribution >= 0.6 is 0 Å². The van der Waals surface area contributed by atoms with Gasteiger partial charge in [-0.25, -0.2) is 0 Å². The minimum absolute atomic E-state index is 0.0977. The Morgan fingerprint density at radius 2 is 1.82 bits per heavy atom. The van der Waals surface area contributed by atoms with Gasteiger partial charge in [-0.2, -0.15) is 0 Å². The number of nitrogens with zero attached hydrogens (tertiary/aromatic N) is 2. The largest absolute Gasteiger partial charge is 0.489 e. The average Bonchev–Trinajstić information content (AvgIpc) is 2.89. The maximum Gasteiger partial charge on any atom is 0.307 e. The average molecular weight is 453 g/mol. The predicted molar refractivity (Wildman–Crippen MR) is 133 cm³/mol. The highest BCUT2D eigenvalue weighted by Gasteiger charge is 2.31. The first-order chi connectivity index (χ1) is 16.7. The summed E-state index contributed by atoms with van der Waals surface area (Å²) < 4.78 is 6.11. The smallest absolute Gasteiger partial charge is 0.307 e. The van der Waals surface area contributed by atoms with Crippen LogP contribution in [-0.2, 0) is 11.4 Å². The zero-order valence-electron chi connectivity index (χ0n) is 19.0. The van der Waals surface area contributed by atoms with E-state index in [0.29, 0.717) is 13.2 Å². The van der Waals surface area contributed by atoms with Crippen LogP contribution in [0.5, 0.6) is 5.75 Å². The summed E-state index contributed by atoms with van der Waals surface area (Å²) in [6, 6.07) is 28.4. The van der Waals surface area contributed by atoms with Crippen molar-refractivity contribution in [3.8, 4) is 5.75 Å². The first-order valence-corrected chi connectivity index (χ1v) is 11.8. The van der Waals surface area contributed by atoms with E-state index >= 15 is 0 Å². The number of hydrogen-bond acceptors (Lipinski definition) is 4. The van der Waals surface area contributed by atoms with Crippen molar-refractivity contribution in [2.75, 3.05) is 13.1 Å². The zero-order chi connectivity index (χ0) is 23.3. The van der Waals surface area contributed by atoms with Crippen molar-refractivity contribution in [1.29, 1.82) is 0 Å². The highest BCUT2D eigenvalue weighted by molar-refractivity contribution is 5.79. The number of rotatable bonds is 7. The van der Waals surface area contributed by atoms with Crippen LogP contribution in [0.1, 0.15) is 35.6 Å². The number of fused-ring (bicyclic) bond motifs is 1. The summed E-state index contributed by atoms with van der Waals surface area (Å²) in [7, 11) is 0. The highest BCUT2D eigenvalue weighted by atomic mass is 16.5. The molecule has 3 aromatic carbocycles. The van der Waals surface area contributed by atoms with E-state index in [9.17, 15) is 9.90 Å². The Balaban J connectivity index is 1.49. The molecule has 172 valence electrons. The minimum atomic E-state index is -0.722. The normalized spacial score (nSPS) is 17.4. The number of benzene rings is 3. The summed E-state index contributed by atoms with van der Waals surface area (Å²) >= 11 is 0. The van der Waals surface area contributed by atoms with Crippen molar-refractivity contribution in [2.45, 2.75) is 25.5 Å². The van der Waals surface area contributed by atoms with Crippen molar-refractivity contribution in [1.82, 2.24) is 9.88 Å². The van der Waals surface area contributed by atoms with Gasteiger partial charge in [-0.15, -0.1) is 0 Å². The second-order valence-corrected chi connectivity index (χ2v) is 8.88. The molecule has 1 aromatic heterocycles. The maximum atomic E-state index is 11.8. The quantitative estimate of drug-likeness (QED) is 0.390. The number of piperidine rings is 1. The van der Waals surface area contributed by atoms with Gasteiger partial charge in [0.25, 0.3) is 0 Å². The van der Waals surface area contributed by atoms with E-state index in [2.05, 4.69) is 29.2 Å². The third kappa shape index (κ3) is 4.95. The van der Waals surface area contributed by atoms with Gasteiger partial charge in [-0.3, -0.25) is 14.7 Å². The van der Waals surface area contributed by atoms with Gasteiger partial charge in [0.2, 0.25) is 0 Å². The van der Waals surface area contributed by atoms with Gasteiger partial charge in [0.1, 0.15) is 12.4 Å². The summed E-state index contributed by atoms with van der Waals surface area (Å²) in [4.78, 5) is 18.8. The van der Waals surface area contributed by atoms with Crippen molar-refractivity contribution in [3.05, 3.63) is 108 Å². The van der Waals surface area contributed by atoms with E-state index in [0.717, 1.165) is 52.7 Å². The molecule has 0 bridgehead atoms. The molecular formula is C29H28N2O3. The number of aliphatic carboxylic acids is 1. The zero-order valence-corrected chi connectivity index (χ0v) is 19.0. The summed E-state index contributed by atoms with van der Waals surface area (Å²) in [6.45, 7) is 1.86. The number of hydrogen-bond donors (Lipinski definition) is 1. The Morgan fingerprint density at radius 3 is 2.68 bits per heavy atom. The third-order valence-electron chi connectivity index (χ3n) is 6.52. The first kappa shape index (κ1) is 22.1. The molecule has 1 aliphatic rings. The number of carbonyl (C=O) groups is 1. The fourth-order valence-corrected chi connectivity index (χ4v) is 4.81. The SMILES string of the molecule is O=C(O)C1CCCN(C(c2cccc(OCc3ccccc3)c2)c2cnc3ccccc3c2)C1. The van der Waals surface area contributed by atoms with Crippen LogP contribution in [0.25, 0.3) is 10.9 Å². The third-order valence-corrected chi connectivity index (χ3v) is 6.52. The van der Waals surface area contributed by atoms with E-state index < -0.39 is 5.97 Å². The van der Waals surface area contributed by atoms with Crippen LogP contribution in [-0.4, -0.2) is 34.0 Å². The molecule has 2 unspecified atom stereocenters. The topological polar surface area (TPSA) is 62.7 Å². The molecule has 5 rings (SSSR count). The van der Waals surface area contributed by atoms with Gasteiger partial charge in [0, 0.05) is 18.1 Å². The standard InChI is InChI=1S/C29H28N2O3/c32-29(33)24-12-7-15-31(19-24)28(25-16-22-10-4-5-14-27(22)30-18-25)23-11-6-13-26(17-23)34-20-21-8-2-1-3-9-21/h1-6,8-11,13-14,16-18,24,28H,7,12,15,19-20H2,(H,32,33). The molecule has 5 heteroatoms. The summed E-state index contributed by atoms with van der Waals surface area (Å²) in [5.74, 6) is -0.283. The van der Waals surface area contributed by atoms with Gasteiger partial charge in [0.15, 0.2) is 0 Å². The van der Waals surface area contributed by atoms with Crippen molar-refractivity contribution >= 4 is 16.9 Å². The van der Waals surface area contributed by atoms with E-state index in [1.54, 1.807) is 0 Å². The monoisotopic (exact) mass is 452 g/mol. The maximum absolute atomic E-state index is 11.8. The Morgan fingerprint density at radius 1 is 1.00 bits per heavy atom. The fourth-order valence-electron chi connectivity index (χ4n) is 4.81. The molecule has 1 saturated heterocycles. The lowest BCUT2D eigenvalue weighted by Gasteiger charge is -2.37. The fraction of sp³-hybridized carbons (Fsp3) is 0.241. The lowest BCUT2D eigenvalue weighted by molar-refractivity contribution is -0.143. The number of aromatic nitrogens is 1. The van der Waals surface area contributed by atoms with Crippen LogP contribution < -0.4 is 4.74 Å². The van der Waals surface area contributed by atoms with E-state index in [1.165, 1.54) is 0 Å². The second-order valence-electron chi connectivity index (χ2n) is 8.88. The minimum Gasteiger partial charge on any atom is -0.489 e. The summed E-state index contributed by atoms with van der Waals surface area (Å²) in [5, 5.41) is 10.8. The molecule has 1 fully saturated rings. The number of carboxylic acid groups (broad SMARTS) is 1. The van der Waals surface area contributed by atoms with Crippen molar-refractivity contribution in [2.24, 2.45) is 5.92 Å². The Bertz CT molecular complexity index is 1270. The molecule has 1 aliphatic heterocycles. The molecule has 2 atom stereocenters. The van der Waals surface area contributed by atoms with Crippen LogP contribution in [0, 0.1) is 5.92 Å². The number of pyridine rings is 1. The molecule has 0 saturated carbocycles. The highest BCUT2D eigenvalue weighted by Crippen LogP contribution is 2.35. The van der Waals surface area contributed by atoms with Crippen LogP contribution in [0.2, 0.25) is 0 Å². The Labute approximate surface area is 199 Å². The number of carboxylic acids is 1. The molecule has 0 amide bonds. The molecule has 0 spiro atoms. The van der Waals surface area contributed by atoms with E-state index in [1.807, 2.05) is 66.9 Å². The van der Waals surface area contributed by atoms with Gasteiger partial charge >= 0.3 is 5.97 Å². The number of ether oxygens (including phenoxy) is 1. The van der Waals surface area contributed by atoms with Crippen LogP contribution in [0.3, 0.4) is 0 Å². The molecule has 0 aliphatic carbocycles. The van der Waals surface area contributed by atoms with Gasteiger partial charge in [-0.1, -0.05) is 60.7 Å².